The van der Waals surface area contributed by atoms with Gasteiger partial charge in [-0.2, -0.15) is 13.3 Å². The van der Waals surface area contributed by atoms with Crippen LogP contribution in [0.3, 0.4) is 0 Å². The van der Waals surface area contributed by atoms with Crippen molar-refractivity contribution >= 4 is 21.4 Å². The summed E-state index contributed by atoms with van der Waals surface area (Å²) in [5.74, 6) is 0.236. The minimum atomic E-state index is -2.91. The normalized spacial score (nSPS) is 11.1. The maximum atomic E-state index is 12.3. The van der Waals surface area contributed by atoms with Crippen LogP contribution in [0.4, 0.5) is 13.9 Å². The van der Waals surface area contributed by atoms with Gasteiger partial charge in [-0.1, -0.05) is 17.4 Å². The zero-order chi connectivity index (χ0) is 18.7. The van der Waals surface area contributed by atoms with E-state index in [1.54, 1.807) is 19.1 Å². The number of methoxy groups -OCH3 is 1. The Morgan fingerprint density at radius 2 is 2.12 bits per heavy atom. The van der Waals surface area contributed by atoms with Crippen LogP contribution < -0.4 is 20.3 Å². The van der Waals surface area contributed by atoms with Gasteiger partial charge in [0, 0.05) is 18.3 Å². The van der Waals surface area contributed by atoms with Crippen molar-refractivity contribution < 1.29 is 18.3 Å². The van der Waals surface area contributed by atoms with Gasteiger partial charge in [0.2, 0.25) is 10.1 Å². The van der Waals surface area contributed by atoms with Gasteiger partial charge in [0.05, 0.1) is 7.11 Å². The first kappa shape index (κ1) is 18.1. The molecular weight excluding hydrogens is 366 g/mol. The summed E-state index contributed by atoms with van der Waals surface area (Å²) in [6, 6.07) is 6.21. The van der Waals surface area contributed by atoms with E-state index in [0.29, 0.717) is 28.8 Å². The molecule has 0 unspecified atom stereocenters. The third-order valence-corrected chi connectivity index (χ3v) is 4.37. The van der Waals surface area contributed by atoms with Crippen molar-refractivity contribution in [3.05, 3.63) is 45.9 Å². The summed E-state index contributed by atoms with van der Waals surface area (Å²) in [4.78, 5) is 16.6. The first-order valence-electron chi connectivity index (χ1n) is 7.69. The summed E-state index contributed by atoms with van der Waals surface area (Å²) in [7, 11) is 1.39. The van der Waals surface area contributed by atoms with Crippen LogP contribution in [-0.4, -0.2) is 34.9 Å². The lowest BCUT2D eigenvalue weighted by Gasteiger charge is -2.11. The number of aromatic nitrogens is 3. The van der Waals surface area contributed by atoms with E-state index in [0.717, 1.165) is 5.56 Å². The Balaban J connectivity index is 1.66. The first-order chi connectivity index (χ1) is 12.5. The van der Waals surface area contributed by atoms with Crippen LogP contribution in [0.25, 0.3) is 4.96 Å². The Kier molecular flexibility index (Phi) is 5.31. The van der Waals surface area contributed by atoms with Gasteiger partial charge >= 0.3 is 6.61 Å². The predicted molar refractivity (Wildman–Crippen MR) is 93.7 cm³/mol. The topological polar surface area (TPSA) is 77.8 Å². The summed E-state index contributed by atoms with van der Waals surface area (Å²) in [5.41, 5.74) is 1.29. The molecule has 3 rings (SSSR count). The van der Waals surface area contributed by atoms with E-state index in [2.05, 4.69) is 20.1 Å². The molecule has 0 radical (unpaired) electrons. The molecule has 0 bridgehead atoms. The zero-order valence-electron chi connectivity index (χ0n) is 14.0. The molecule has 0 atom stereocenters. The van der Waals surface area contributed by atoms with Crippen LogP contribution in [-0.2, 0) is 6.42 Å². The fraction of sp³-hybridized carbons (Fsp3) is 0.312. The highest BCUT2D eigenvalue weighted by atomic mass is 32.1. The number of fused-ring (bicyclic) bond motifs is 1. The van der Waals surface area contributed by atoms with Crippen LogP contribution in [0.1, 0.15) is 11.3 Å². The Morgan fingerprint density at radius 1 is 1.31 bits per heavy atom. The number of aryl methyl sites for hydroxylation is 1. The maximum absolute atomic E-state index is 12.3. The quantitative estimate of drug-likeness (QED) is 0.677. The highest BCUT2D eigenvalue weighted by molar-refractivity contribution is 7.20. The Hall–Kier alpha value is -2.75. The molecule has 1 aromatic carbocycles. The predicted octanol–water partition coefficient (Wildman–Crippen LogP) is 2.72. The van der Waals surface area contributed by atoms with Crippen LogP contribution in [0, 0.1) is 6.92 Å². The molecule has 0 aliphatic rings. The number of nitrogens with zero attached hydrogens (tertiary/aromatic N) is 3. The molecule has 10 heteroatoms. The Labute approximate surface area is 151 Å². The number of rotatable bonds is 7. The van der Waals surface area contributed by atoms with E-state index in [9.17, 15) is 13.6 Å². The van der Waals surface area contributed by atoms with E-state index < -0.39 is 6.61 Å². The number of ether oxygens (including phenoxy) is 2. The van der Waals surface area contributed by atoms with Gasteiger partial charge in [0.15, 0.2) is 11.5 Å². The molecular formula is C16H16F2N4O3S. The molecule has 0 saturated carbocycles. The van der Waals surface area contributed by atoms with Crippen molar-refractivity contribution in [3.63, 3.8) is 0 Å². The summed E-state index contributed by atoms with van der Waals surface area (Å²) in [5, 5.41) is 7.89. The number of anilines is 1. The molecule has 1 N–H and O–H groups in total. The summed E-state index contributed by atoms with van der Waals surface area (Å²) in [6.07, 6.45) is 0.600. The minimum Gasteiger partial charge on any atom is -0.493 e. The molecule has 0 spiro atoms. The molecule has 0 fully saturated rings. The standard InChI is InChI=1S/C16H16F2N4O3S/c1-9-7-13(23)22-16(20-9)26-15(21-22)19-6-5-10-3-4-11(25-14(17)18)12(8-10)24-2/h3-4,7-8,14H,5-6H2,1-2H3,(H,19,21). The average molecular weight is 382 g/mol. The summed E-state index contributed by atoms with van der Waals surface area (Å²) < 4.78 is 35.4. The summed E-state index contributed by atoms with van der Waals surface area (Å²) in [6.45, 7) is -0.620. The fourth-order valence-electron chi connectivity index (χ4n) is 2.37. The molecule has 138 valence electrons. The zero-order valence-corrected chi connectivity index (χ0v) is 14.8. The lowest BCUT2D eigenvalue weighted by Crippen LogP contribution is -2.14. The largest absolute Gasteiger partial charge is 0.493 e. The lowest BCUT2D eigenvalue weighted by molar-refractivity contribution is -0.0512. The van der Waals surface area contributed by atoms with Gasteiger partial charge in [-0.15, -0.1) is 5.10 Å². The lowest BCUT2D eigenvalue weighted by atomic mass is 10.1. The molecule has 7 nitrogen and oxygen atoms in total. The molecule has 2 heterocycles. The molecule has 0 aliphatic carbocycles. The molecule has 2 aromatic heterocycles. The van der Waals surface area contributed by atoms with Crippen molar-refractivity contribution in [3.8, 4) is 11.5 Å². The Bertz CT molecular complexity index is 974. The Morgan fingerprint density at radius 3 is 2.85 bits per heavy atom. The number of hydrogen-bond acceptors (Lipinski definition) is 7. The molecule has 0 aliphatic heterocycles. The van der Waals surface area contributed by atoms with Crippen molar-refractivity contribution in [2.45, 2.75) is 20.0 Å². The van der Waals surface area contributed by atoms with Crippen molar-refractivity contribution in [1.29, 1.82) is 0 Å². The van der Waals surface area contributed by atoms with Crippen LogP contribution in [0.15, 0.2) is 29.1 Å². The van der Waals surface area contributed by atoms with Crippen molar-refractivity contribution in [2.75, 3.05) is 19.0 Å². The van der Waals surface area contributed by atoms with E-state index in [4.69, 9.17) is 4.74 Å². The van der Waals surface area contributed by atoms with Gasteiger partial charge in [-0.05, 0) is 31.0 Å². The third-order valence-electron chi connectivity index (χ3n) is 3.51. The van der Waals surface area contributed by atoms with Gasteiger partial charge in [0.1, 0.15) is 0 Å². The van der Waals surface area contributed by atoms with Gasteiger partial charge in [0.25, 0.3) is 5.56 Å². The summed E-state index contributed by atoms with van der Waals surface area (Å²) >= 11 is 1.28. The van der Waals surface area contributed by atoms with Crippen LogP contribution in [0.5, 0.6) is 11.5 Å². The van der Waals surface area contributed by atoms with Gasteiger partial charge in [-0.25, -0.2) is 4.98 Å². The second-order valence-electron chi connectivity index (χ2n) is 5.38. The second-order valence-corrected chi connectivity index (χ2v) is 6.33. The maximum Gasteiger partial charge on any atom is 0.387 e. The van der Waals surface area contributed by atoms with E-state index >= 15 is 0 Å². The van der Waals surface area contributed by atoms with E-state index in [1.165, 1.54) is 35.1 Å². The van der Waals surface area contributed by atoms with Crippen molar-refractivity contribution in [1.82, 2.24) is 14.6 Å². The number of hydrogen-bond donors (Lipinski definition) is 1. The van der Waals surface area contributed by atoms with E-state index in [-0.39, 0.29) is 17.1 Å². The SMILES string of the molecule is COc1cc(CCNc2nn3c(=O)cc(C)nc3s2)ccc1OC(F)F. The van der Waals surface area contributed by atoms with E-state index in [1.807, 2.05) is 0 Å². The number of nitrogens with one attached hydrogen (secondary N) is 1. The minimum absolute atomic E-state index is 0.00815. The molecule has 3 aromatic rings. The fourth-order valence-corrected chi connectivity index (χ4v) is 3.24. The van der Waals surface area contributed by atoms with Crippen LogP contribution >= 0.6 is 11.3 Å². The highest BCUT2D eigenvalue weighted by Gasteiger charge is 2.11. The van der Waals surface area contributed by atoms with Crippen LogP contribution in [0.2, 0.25) is 0 Å². The number of benzene rings is 1. The van der Waals surface area contributed by atoms with Gasteiger partial charge in [-0.3, -0.25) is 4.79 Å². The number of halogens is 2. The monoisotopic (exact) mass is 382 g/mol. The van der Waals surface area contributed by atoms with Gasteiger partial charge < -0.3 is 14.8 Å². The molecule has 26 heavy (non-hydrogen) atoms. The molecule has 0 amide bonds. The smallest absolute Gasteiger partial charge is 0.387 e. The highest BCUT2D eigenvalue weighted by Crippen LogP contribution is 2.29. The first-order valence-corrected chi connectivity index (χ1v) is 8.51. The average Bonchev–Trinajstić information content (AvgIpc) is 2.98. The number of alkyl halides is 2. The second kappa shape index (κ2) is 7.65. The third kappa shape index (κ3) is 4.07. The van der Waals surface area contributed by atoms with Crippen molar-refractivity contribution in [2.24, 2.45) is 0 Å². The molecule has 0 saturated heterocycles.